The molecule has 0 N–H and O–H groups in total. The first kappa shape index (κ1) is 19.2. The number of hydrogen-bond donors (Lipinski definition) is 0. The van der Waals surface area contributed by atoms with E-state index in [4.69, 9.17) is 28.0 Å². The van der Waals surface area contributed by atoms with Crippen molar-refractivity contribution in [1.29, 1.82) is 0 Å². The fraction of sp³-hybridized carbons (Fsp3) is 0.333. The van der Waals surface area contributed by atoms with E-state index in [-0.39, 0.29) is 30.3 Å². The molecule has 28 heavy (non-hydrogen) atoms. The first-order valence-corrected chi connectivity index (χ1v) is 9.97. The van der Waals surface area contributed by atoms with Gasteiger partial charge in [-0.1, -0.05) is 52.6 Å². The molecule has 4 nitrogen and oxygen atoms in total. The number of nitrogens with zero attached hydrogens (tertiary/aromatic N) is 2. The molecule has 0 radical (unpaired) electrons. The molecule has 146 valence electrons. The van der Waals surface area contributed by atoms with Crippen LogP contribution in [0.5, 0.6) is 0 Å². The van der Waals surface area contributed by atoms with Crippen molar-refractivity contribution in [1.82, 2.24) is 4.90 Å². The van der Waals surface area contributed by atoms with Crippen molar-refractivity contribution in [2.45, 2.75) is 31.9 Å². The Morgan fingerprint density at radius 2 is 1.96 bits per heavy atom. The third-order valence-electron chi connectivity index (χ3n) is 4.97. The van der Waals surface area contributed by atoms with E-state index < -0.39 is 0 Å². The average Bonchev–Trinajstić information content (AvgIpc) is 3.43. The summed E-state index contributed by atoms with van der Waals surface area (Å²) in [5, 5.41) is 5.09. The molecule has 2 aromatic carbocycles. The largest absolute Gasteiger partial charge is 0.390 e. The van der Waals surface area contributed by atoms with Crippen molar-refractivity contribution in [3.8, 4) is 0 Å². The van der Waals surface area contributed by atoms with Crippen LogP contribution in [0.2, 0.25) is 10.0 Å². The van der Waals surface area contributed by atoms with Gasteiger partial charge in [0, 0.05) is 30.0 Å². The Morgan fingerprint density at radius 1 is 1.18 bits per heavy atom. The molecule has 1 aliphatic carbocycles. The van der Waals surface area contributed by atoms with Crippen LogP contribution in [0, 0.1) is 11.7 Å². The van der Waals surface area contributed by atoms with E-state index in [1.165, 1.54) is 6.07 Å². The van der Waals surface area contributed by atoms with Crippen molar-refractivity contribution >= 4 is 34.8 Å². The van der Waals surface area contributed by atoms with Crippen molar-refractivity contribution in [2.24, 2.45) is 11.1 Å². The Bertz CT molecular complexity index is 930. The molecule has 2 aromatic rings. The van der Waals surface area contributed by atoms with Gasteiger partial charge in [-0.2, -0.15) is 0 Å². The molecule has 2 aliphatic rings. The molecule has 1 aliphatic heterocycles. The van der Waals surface area contributed by atoms with Crippen molar-refractivity contribution in [3.63, 3.8) is 0 Å². The Hall–Kier alpha value is -2.11. The number of rotatable bonds is 6. The van der Waals surface area contributed by atoms with Crippen LogP contribution in [0.15, 0.2) is 47.6 Å². The van der Waals surface area contributed by atoms with Crippen LogP contribution in [0.1, 0.15) is 30.4 Å². The molecular weight excluding hydrogens is 402 g/mol. The summed E-state index contributed by atoms with van der Waals surface area (Å²) in [6, 6.07) is 11.8. The van der Waals surface area contributed by atoms with Gasteiger partial charge in [0.1, 0.15) is 5.82 Å². The maximum Gasteiger partial charge on any atom is 0.226 e. The summed E-state index contributed by atoms with van der Waals surface area (Å²) >= 11 is 12.1. The zero-order chi connectivity index (χ0) is 19.7. The third-order valence-corrected chi connectivity index (χ3v) is 5.71. The summed E-state index contributed by atoms with van der Waals surface area (Å²) in [6.45, 7) is 0.585. The number of benzene rings is 2. The van der Waals surface area contributed by atoms with Crippen LogP contribution in [-0.4, -0.2) is 29.2 Å². The predicted octanol–water partition coefficient (Wildman–Crippen LogP) is 5.06. The van der Waals surface area contributed by atoms with Crippen molar-refractivity contribution in [3.05, 3.63) is 69.5 Å². The second kappa shape index (κ2) is 8.10. The molecule has 0 aromatic heterocycles. The number of amides is 1. The van der Waals surface area contributed by atoms with Crippen LogP contribution < -0.4 is 0 Å². The van der Waals surface area contributed by atoms with Crippen molar-refractivity contribution in [2.75, 3.05) is 6.54 Å². The lowest BCUT2D eigenvalue weighted by molar-refractivity contribution is -0.135. The predicted molar refractivity (Wildman–Crippen MR) is 107 cm³/mol. The molecule has 4 rings (SSSR count). The first-order valence-electron chi connectivity index (χ1n) is 9.21. The monoisotopic (exact) mass is 420 g/mol. The van der Waals surface area contributed by atoms with Crippen molar-refractivity contribution < 1.29 is 14.0 Å². The highest BCUT2D eigenvalue weighted by Gasteiger charge is 2.36. The normalized spacial score (nSPS) is 18.5. The van der Waals surface area contributed by atoms with Gasteiger partial charge in [-0.05, 0) is 31.0 Å². The summed E-state index contributed by atoms with van der Waals surface area (Å²) < 4.78 is 14.1. The minimum Gasteiger partial charge on any atom is -0.390 e. The Labute approximate surface area is 172 Å². The first-order chi connectivity index (χ1) is 13.5. The molecule has 1 saturated carbocycles. The maximum atomic E-state index is 14.1. The van der Waals surface area contributed by atoms with Gasteiger partial charge in [-0.15, -0.1) is 0 Å². The quantitative estimate of drug-likeness (QED) is 0.654. The summed E-state index contributed by atoms with van der Waals surface area (Å²) in [6.07, 6.45) is 2.05. The third kappa shape index (κ3) is 4.31. The van der Waals surface area contributed by atoms with E-state index in [1.54, 1.807) is 35.2 Å². The zero-order valence-electron chi connectivity index (χ0n) is 15.1. The van der Waals surface area contributed by atoms with Gasteiger partial charge >= 0.3 is 0 Å². The van der Waals surface area contributed by atoms with Gasteiger partial charge in [0.25, 0.3) is 0 Å². The van der Waals surface area contributed by atoms with Gasteiger partial charge in [0.15, 0.2) is 6.10 Å². The smallest absolute Gasteiger partial charge is 0.226 e. The van der Waals surface area contributed by atoms with Gasteiger partial charge in [0.05, 0.1) is 22.3 Å². The molecule has 0 spiro atoms. The van der Waals surface area contributed by atoms with E-state index in [9.17, 15) is 9.18 Å². The highest BCUT2D eigenvalue weighted by molar-refractivity contribution is 6.42. The minimum absolute atomic E-state index is 0.0450. The summed E-state index contributed by atoms with van der Waals surface area (Å²) in [4.78, 5) is 20.0. The number of carbonyl (C=O) groups is 1. The molecule has 0 saturated heterocycles. The van der Waals surface area contributed by atoms with Crippen LogP contribution in [-0.2, 0) is 16.2 Å². The molecule has 1 atom stereocenters. The number of halogens is 3. The molecular formula is C21H19Cl2FN2O2. The second-order valence-electron chi connectivity index (χ2n) is 7.18. The summed E-state index contributed by atoms with van der Waals surface area (Å²) in [5.41, 5.74) is 2.10. The van der Waals surface area contributed by atoms with Gasteiger partial charge in [-0.3, -0.25) is 4.79 Å². The molecule has 1 unspecified atom stereocenters. The van der Waals surface area contributed by atoms with Crippen LogP contribution in [0.25, 0.3) is 0 Å². The van der Waals surface area contributed by atoms with Crippen LogP contribution >= 0.6 is 23.2 Å². The highest BCUT2D eigenvalue weighted by atomic mass is 35.5. The maximum absolute atomic E-state index is 14.1. The SMILES string of the molecule is O=C(C1CC1)N(Cc1ccccc1F)CC1CC(c2ccc(Cl)c(Cl)c2)=NO1. The number of hydrogen-bond acceptors (Lipinski definition) is 3. The van der Waals surface area contributed by atoms with E-state index in [0.717, 1.165) is 24.1 Å². The number of carbonyl (C=O) groups excluding carboxylic acids is 1. The van der Waals surface area contributed by atoms with Crippen LogP contribution in [0.4, 0.5) is 4.39 Å². The van der Waals surface area contributed by atoms with Crippen LogP contribution in [0.3, 0.4) is 0 Å². The molecule has 1 fully saturated rings. The van der Waals surface area contributed by atoms with Gasteiger partial charge in [0.2, 0.25) is 5.91 Å². The zero-order valence-corrected chi connectivity index (χ0v) is 16.6. The Balaban J connectivity index is 1.45. The van der Waals surface area contributed by atoms with E-state index in [0.29, 0.717) is 28.6 Å². The molecule has 1 amide bonds. The molecule has 1 heterocycles. The average molecular weight is 421 g/mol. The molecule has 7 heteroatoms. The van der Waals surface area contributed by atoms with E-state index in [2.05, 4.69) is 5.16 Å². The number of oxime groups is 1. The topological polar surface area (TPSA) is 41.9 Å². The lowest BCUT2D eigenvalue weighted by atomic mass is 10.0. The Morgan fingerprint density at radius 3 is 2.68 bits per heavy atom. The fourth-order valence-electron chi connectivity index (χ4n) is 3.27. The summed E-state index contributed by atoms with van der Waals surface area (Å²) in [5.74, 6) is -0.213. The lowest BCUT2D eigenvalue weighted by Crippen LogP contribution is -2.38. The molecule has 0 bridgehead atoms. The standard InChI is InChI=1S/C21H19Cl2FN2O2/c22-17-8-7-14(9-18(17)23)20-10-16(28-25-20)12-26(21(27)13-5-6-13)11-15-3-1-2-4-19(15)24/h1-4,7-9,13,16H,5-6,10-12H2. The lowest BCUT2D eigenvalue weighted by Gasteiger charge is -2.25. The fourth-order valence-corrected chi connectivity index (χ4v) is 3.57. The van der Waals surface area contributed by atoms with Gasteiger partial charge < -0.3 is 9.74 Å². The van der Waals surface area contributed by atoms with E-state index in [1.807, 2.05) is 6.07 Å². The Kier molecular flexibility index (Phi) is 5.56. The minimum atomic E-state index is -0.309. The van der Waals surface area contributed by atoms with E-state index >= 15 is 0 Å². The summed E-state index contributed by atoms with van der Waals surface area (Å²) in [7, 11) is 0. The second-order valence-corrected chi connectivity index (χ2v) is 8.00. The van der Waals surface area contributed by atoms with Gasteiger partial charge in [-0.25, -0.2) is 4.39 Å². The highest BCUT2D eigenvalue weighted by Crippen LogP contribution is 2.32.